The lowest BCUT2D eigenvalue weighted by Crippen LogP contribution is -2.67. The first-order chi connectivity index (χ1) is 11.0. The van der Waals surface area contributed by atoms with Crippen LogP contribution < -0.4 is 10.6 Å². The number of ether oxygens (including phenoxy) is 1. The first-order valence-corrected chi connectivity index (χ1v) is 8.75. The summed E-state index contributed by atoms with van der Waals surface area (Å²) < 4.78 is 5.88. The average Bonchev–Trinajstić information content (AvgIpc) is 2.98. The number of guanidine groups is 1. The van der Waals surface area contributed by atoms with E-state index in [-0.39, 0.29) is 29.4 Å². The van der Waals surface area contributed by atoms with Crippen molar-refractivity contribution in [1.82, 2.24) is 10.6 Å². The van der Waals surface area contributed by atoms with Crippen LogP contribution in [0.15, 0.2) is 29.3 Å². The molecule has 1 saturated carbocycles. The Hall–Kier alpha value is -0.820. The number of aliphatic imine (C=N–C) groups is 1. The fourth-order valence-corrected chi connectivity index (χ4v) is 4.04. The zero-order valence-corrected chi connectivity index (χ0v) is 17.5. The third-order valence-corrected chi connectivity index (χ3v) is 5.41. The van der Waals surface area contributed by atoms with Crippen molar-refractivity contribution in [2.45, 2.75) is 52.8 Å². The second kappa shape index (κ2) is 8.04. The van der Waals surface area contributed by atoms with Crippen molar-refractivity contribution in [2.24, 2.45) is 16.3 Å². The number of nitrogens with zero attached hydrogens (tertiary/aromatic N) is 1. The maximum Gasteiger partial charge on any atom is 0.191 e. The van der Waals surface area contributed by atoms with Crippen molar-refractivity contribution < 1.29 is 4.74 Å². The molecule has 0 bridgehead atoms. The second-order valence-electron chi connectivity index (χ2n) is 7.31. The van der Waals surface area contributed by atoms with Crippen LogP contribution in [-0.4, -0.2) is 31.3 Å². The molecule has 5 heteroatoms. The van der Waals surface area contributed by atoms with Gasteiger partial charge in [-0.25, -0.2) is 4.99 Å². The number of hydrogen-bond acceptors (Lipinski definition) is 2. The summed E-state index contributed by atoms with van der Waals surface area (Å²) in [6.45, 7) is 11.3. The minimum atomic E-state index is 0. The van der Waals surface area contributed by atoms with Gasteiger partial charge in [-0.15, -0.1) is 24.0 Å². The number of benzene rings is 1. The Morgan fingerprint density at radius 2 is 2.08 bits per heavy atom. The van der Waals surface area contributed by atoms with Gasteiger partial charge in [0.05, 0.1) is 12.6 Å². The predicted octanol–water partition coefficient (Wildman–Crippen LogP) is 3.48. The molecular formula is C19H30IN3O. The zero-order chi connectivity index (χ0) is 16.4. The van der Waals surface area contributed by atoms with Crippen molar-refractivity contribution >= 4 is 29.9 Å². The molecule has 134 valence electrons. The van der Waals surface area contributed by atoms with Crippen LogP contribution in [0, 0.1) is 18.3 Å². The largest absolute Gasteiger partial charge is 0.377 e. The standard InChI is InChI=1S/C19H29N3O.HI/c1-5-20-18(21-12-14-9-7-6-8-13(14)2)22-16-15-10-11-23-17(15)19(16,3)4;/h6-9,15-17H,5,10-12H2,1-4H3,(H2,20,21,22);1H. The lowest BCUT2D eigenvalue weighted by Gasteiger charge is -2.54. The van der Waals surface area contributed by atoms with E-state index in [1.165, 1.54) is 11.1 Å². The van der Waals surface area contributed by atoms with Gasteiger partial charge in [0.1, 0.15) is 0 Å². The Morgan fingerprint density at radius 1 is 1.33 bits per heavy atom. The Balaban J connectivity index is 0.00000208. The Bertz CT molecular complexity index is 588. The van der Waals surface area contributed by atoms with E-state index >= 15 is 0 Å². The average molecular weight is 443 g/mol. The van der Waals surface area contributed by atoms with E-state index in [2.05, 4.69) is 62.6 Å². The summed E-state index contributed by atoms with van der Waals surface area (Å²) in [6, 6.07) is 8.87. The molecule has 1 aromatic carbocycles. The summed E-state index contributed by atoms with van der Waals surface area (Å²) in [4.78, 5) is 4.80. The summed E-state index contributed by atoms with van der Waals surface area (Å²) >= 11 is 0. The molecule has 2 N–H and O–H groups in total. The van der Waals surface area contributed by atoms with Crippen LogP contribution in [-0.2, 0) is 11.3 Å². The fourth-order valence-electron chi connectivity index (χ4n) is 4.04. The highest BCUT2D eigenvalue weighted by molar-refractivity contribution is 14.0. The first-order valence-electron chi connectivity index (χ1n) is 8.75. The third kappa shape index (κ3) is 3.72. The zero-order valence-electron chi connectivity index (χ0n) is 15.1. The number of hydrogen-bond donors (Lipinski definition) is 2. The highest BCUT2D eigenvalue weighted by Gasteiger charge is 2.59. The van der Waals surface area contributed by atoms with Crippen LogP contribution in [0.3, 0.4) is 0 Å². The Kier molecular flexibility index (Phi) is 6.53. The van der Waals surface area contributed by atoms with Gasteiger partial charge in [0.15, 0.2) is 5.96 Å². The van der Waals surface area contributed by atoms with E-state index in [4.69, 9.17) is 9.73 Å². The molecule has 1 heterocycles. The van der Waals surface area contributed by atoms with Crippen molar-refractivity contribution in [3.63, 3.8) is 0 Å². The van der Waals surface area contributed by atoms with Gasteiger partial charge in [-0.1, -0.05) is 38.1 Å². The monoisotopic (exact) mass is 443 g/mol. The van der Waals surface area contributed by atoms with Gasteiger partial charge >= 0.3 is 0 Å². The van der Waals surface area contributed by atoms with Crippen molar-refractivity contribution in [3.05, 3.63) is 35.4 Å². The molecule has 1 saturated heterocycles. The van der Waals surface area contributed by atoms with Crippen LogP contribution in [0.25, 0.3) is 0 Å². The highest BCUT2D eigenvalue weighted by atomic mass is 127. The number of nitrogens with one attached hydrogen (secondary N) is 2. The number of rotatable bonds is 4. The van der Waals surface area contributed by atoms with E-state index < -0.39 is 0 Å². The molecule has 0 amide bonds. The quantitative estimate of drug-likeness (QED) is 0.426. The van der Waals surface area contributed by atoms with E-state index in [1.807, 2.05) is 0 Å². The van der Waals surface area contributed by atoms with Crippen LogP contribution in [0.4, 0.5) is 0 Å². The van der Waals surface area contributed by atoms with Crippen LogP contribution in [0.5, 0.6) is 0 Å². The van der Waals surface area contributed by atoms with E-state index in [0.717, 1.165) is 25.5 Å². The predicted molar refractivity (Wildman–Crippen MR) is 110 cm³/mol. The summed E-state index contributed by atoms with van der Waals surface area (Å²) in [5.74, 6) is 1.53. The van der Waals surface area contributed by atoms with Gasteiger partial charge in [0, 0.05) is 30.5 Å². The van der Waals surface area contributed by atoms with Gasteiger partial charge in [-0.2, -0.15) is 0 Å². The molecule has 4 nitrogen and oxygen atoms in total. The fraction of sp³-hybridized carbons (Fsp3) is 0.632. The third-order valence-electron chi connectivity index (χ3n) is 5.41. The van der Waals surface area contributed by atoms with E-state index in [0.29, 0.717) is 24.6 Å². The minimum absolute atomic E-state index is 0. The Morgan fingerprint density at radius 3 is 2.79 bits per heavy atom. The van der Waals surface area contributed by atoms with Crippen LogP contribution in [0.1, 0.15) is 38.3 Å². The normalized spacial score (nSPS) is 27.7. The topological polar surface area (TPSA) is 45.7 Å². The molecule has 3 unspecified atom stereocenters. The van der Waals surface area contributed by atoms with Gasteiger partial charge in [-0.3, -0.25) is 0 Å². The number of fused-ring (bicyclic) bond motifs is 1. The van der Waals surface area contributed by atoms with Crippen molar-refractivity contribution in [2.75, 3.05) is 13.2 Å². The highest BCUT2D eigenvalue weighted by Crippen LogP contribution is 2.52. The molecule has 0 aromatic heterocycles. The maximum absolute atomic E-state index is 5.88. The molecule has 24 heavy (non-hydrogen) atoms. The summed E-state index contributed by atoms with van der Waals surface area (Å²) in [6.07, 6.45) is 1.56. The molecule has 2 aliphatic rings. The van der Waals surface area contributed by atoms with Crippen LogP contribution >= 0.6 is 24.0 Å². The Labute approximate surface area is 162 Å². The minimum Gasteiger partial charge on any atom is -0.377 e. The van der Waals surface area contributed by atoms with E-state index in [9.17, 15) is 0 Å². The molecule has 3 rings (SSSR count). The first kappa shape index (κ1) is 19.5. The lowest BCUT2D eigenvalue weighted by atomic mass is 9.57. The number of aryl methyl sites for hydroxylation is 1. The molecule has 1 aromatic rings. The summed E-state index contributed by atoms with van der Waals surface area (Å²) in [7, 11) is 0. The SMILES string of the molecule is CCNC(=NCc1ccccc1C)NC1C2CCOC2C1(C)C.I. The van der Waals surface area contributed by atoms with Gasteiger partial charge in [0.2, 0.25) is 0 Å². The summed E-state index contributed by atoms with van der Waals surface area (Å²) in [5, 5.41) is 7.05. The molecule has 0 spiro atoms. The maximum atomic E-state index is 5.88. The van der Waals surface area contributed by atoms with Crippen molar-refractivity contribution in [1.29, 1.82) is 0 Å². The van der Waals surface area contributed by atoms with Gasteiger partial charge < -0.3 is 15.4 Å². The summed E-state index contributed by atoms with van der Waals surface area (Å²) in [5.41, 5.74) is 2.74. The number of halogens is 1. The molecule has 0 radical (unpaired) electrons. The molecule has 2 fully saturated rings. The van der Waals surface area contributed by atoms with E-state index in [1.54, 1.807) is 0 Å². The van der Waals surface area contributed by atoms with Gasteiger partial charge in [0.25, 0.3) is 0 Å². The molecule has 1 aliphatic heterocycles. The molecular weight excluding hydrogens is 413 g/mol. The second-order valence-corrected chi connectivity index (χ2v) is 7.31. The molecule has 1 aliphatic carbocycles. The smallest absolute Gasteiger partial charge is 0.191 e. The molecule has 3 atom stereocenters. The van der Waals surface area contributed by atoms with Crippen LogP contribution in [0.2, 0.25) is 0 Å². The lowest BCUT2D eigenvalue weighted by molar-refractivity contribution is -0.106. The van der Waals surface area contributed by atoms with Gasteiger partial charge in [-0.05, 0) is 31.4 Å². The van der Waals surface area contributed by atoms with Crippen molar-refractivity contribution in [3.8, 4) is 0 Å².